The van der Waals surface area contributed by atoms with Gasteiger partial charge >= 0.3 is 0 Å². The molecule has 0 radical (unpaired) electrons. The lowest BCUT2D eigenvalue weighted by molar-refractivity contribution is 0.736. The van der Waals surface area contributed by atoms with Crippen LogP contribution >= 0.6 is 11.6 Å². The summed E-state index contributed by atoms with van der Waals surface area (Å²) >= 11 is 6.06. The van der Waals surface area contributed by atoms with Crippen LogP contribution in [-0.2, 0) is 13.1 Å². The van der Waals surface area contributed by atoms with E-state index in [1.54, 1.807) is 18.6 Å². The van der Waals surface area contributed by atoms with Crippen LogP contribution in [0.4, 0.5) is 5.95 Å². The summed E-state index contributed by atoms with van der Waals surface area (Å²) in [5.74, 6) is 0.0959. The number of hydrogen-bond donors (Lipinski definition) is 1. The molecule has 6 rings (SSSR count). The molecule has 0 amide bonds. The Balaban J connectivity index is 1.40. The number of benzene rings is 2. The molecule has 33 heavy (non-hydrogen) atoms. The van der Waals surface area contributed by atoms with Gasteiger partial charge in [0.15, 0.2) is 11.2 Å². The maximum Gasteiger partial charge on any atom is 0.281 e. The van der Waals surface area contributed by atoms with Crippen molar-refractivity contribution in [2.24, 2.45) is 0 Å². The van der Waals surface area contributed by atoms with E-state index in [1.807, 2.05) is 33.4 Å². The maximum atomic E-state index is 13.4. The van der Waals surface area contributed by atoms with Crippen molar-refractivity contribution >= 4 is 45.1 Å². The van der Waals surface area contributed by atoms with E-state index in [9.17, 15) is 4.79 Å². The number of nitrogens with zero attached hydrogens (tertiary/aromatic N) is 6. The van der Waals surface area contributed by atoms with Gasteiger partial charge in [0.2, 0.25) is 5.95 Å². The van der Waals surface area contributed by atoms with Gasteiger partial charge in [0.1, 0.15) is 5.65 Å². The van der Waals surface area contributed by atoms with Gasteiger partial charge in [-0.15, -0.1) is 0 Å². The number of nitrogen functional groups attached to an aromatic ring is 1. The molecule has 6 aromatic rings. The first-order chi connectivity index (χ1) is 16.0. The highest BCUT2D eigenvalue weighted by atomic mass is 35.5. The van der Waals surface area contributed by atoms with Gasteiger partial charge in [0.05, 0.1) is 23.6 Å². The van der Waals surface area contributed by atoms with Gasteiger partial charge in [0.25, 0.3) is 5.56 Å². The highest BCUT2D eigenvalue weighted by Crippen LogP contribution is 2.18. The molecular weight excluding hydrogens is 438 g/mol. The highest BCUT2D eigenvalue weighted by Gasteiger charge is 2.16. The second kappa shape index (κ2) is 7.46. The molecule has 0 atom stereocenters. The van der Waals surface area contributed by atoms with E-state index in [0.717, 1.165) is 16.6 Å². The van der Waals surface area contributed by atoms with E-state index in [0.29, 0.717) is 28.4 Å². The summed E-state index contributed by atoms with van der Waals surface area (Å²) in [5.41, 5.74) is 9.07. The average Bonchev–Trinajstić information content (AvgIpc) is 3.39. The van der Waals surface area contributed by atoms with Gasteiger partial charge in [0, 0.05) is 18.9 Å². The molecule has 8 nitrogen and oxygen atoms in total. The van der Waals surface area contributed by atoms with Crippen molar-refractivity contribution in [2.75, 3.05) is 5.73 Å². The zero-order chi connectivity index (χ0) is 22.5. The topological polar surface area (TPSA) is 96.0 Å². The van der Waals surface area contributed by atoms with Crippen molar-refractivity contribution in [3.05, 3.63) is 100.0 Å². The van der Waals surface area contributed by atoms with E-state index in [4.69, 9.17) is 17.3 Å². The van der Waals surface area contributed by atoms with Crippen LogP contribution in [0, 0.1) is 0 Å². The number of pyridine rings is 1. The number of anilines is 1. The van der Waals surface area contributed by atoms with Gasteiger partial charge in [-0.2, -0.15) is 4.98 Å². The Hall–Kier alpha value is -4.17. The molecule has 0 saturated carbocycles. The van der Waals surface area contributed by atoms with Crippen LogP contribution in [-0.4, -0.2) is 28.5 Å². The van der Waals surface area contributed by atoms with Crippen LogP contribution in [0.15, 0.2) is 78.1 Å². The van der Waals surface area contributed by atoms with Crippen molar-refractivity contribution < 1.29 is 0 Å². The number of imidazole rings is 2. The fraction of sp³-hybridized carbons (Fsp3) is 0.0833. The number of halogens is 1. The smallest absolute Gasteiger partial charge is 0.281 e. The van der Waals surface area contributed by atoms with Crippen molar-refractivity contribution in [1.29, 1.82) is 0 Å². The Morgan fingerprint density at radius 3 is 2.67 bits per heavy atom. The molecule has 4 heterocycles. The second-order valence-corrected chi connectivity index (χ2v) is 8.37. The molecular formula is C24H18ClN7O. The van der Waals surface area contributed by atoms with Gasteiger partial charge in [-0.25, -0.2) is 9.97 Å². The third-order valence-corrected chi connectivity index (χ3v) is 5.94. The van der Waals surface area contributed by atoms with Crippen molar-refractivity contribution in [2.45, 2.75) is 13.1 Å². The molecule has 9 heteroatoms. The summed E-state index contributed by atoms with van der Waals surface area (Å²) in [6.45, 7) is 0.684. The number of hydrogen-bond acceptors (Lipinski definition) is 5. The zero-order valence-corrected chi connectivity index (χ0v) is 18.1. The Bertz CT molecular complexity index is 1730. The lowest BCUT2D eigenvalue weighted by Gasteiger charge is -2.09. The number of aromatic nitrogens is 6. The monoisotopic (exact) mass is 455 g/mol. The van der Waals surface area contributed by atoms with E-state index in [2.05, 4.69) is 45.3 Å². The molecule has 4 aromatic heterocycles. The summed E-state index contributed by atoms with van der Waals surface area (Å²) in [4.78, 5) is 26.7. The SMILES string of the molecule is Nc1nc2ncn(Cc3ccc4ccccc4c3)c2c(=O)n1Cc1cn2cc(Cl)ccc2n1. The summed E-state index contributed by atoms with van der Waals surface area (Å²) in [6.07, 6.45) is 5.22. The summed E-state index contributed by atoms with van der Waals surface area (Å²) < 4.78 is 5.05. The van der Waals surface area contributed by atoms with E-state index < -0.39 is 0 Å². The molecule has 0 aliphatic rings. The van der Waals surface area contributed by atoms with E-state index in [-0.39, 0.29) is 18.1 Å². The minimum atomic E-state index is -0.258. The first-order valence-corrected chi connectivity index (χ1v) is 10.7. The van der Waals surface area contributed by atoms with E-state index >= 15 is 0 Å². The van der Waals surface area contributed by atoms with Gasteiger partial charge in [-0.1, -0.05) is 48.0 Å². The summed E-state index contributed by atoms with van der Waals surface area (Å²) in [5, 5.41) is 2.91. The number of fused-ring (bicyclic) bond motifs is 3. The van der Waals surface area contributed by atoms with Crippen molar-refractivity contribution in [3.8, 4) is 0 Å². The lowest BCUT2D eigenvalue weighted by Crippen LogP contribution is -2.26. The molecule has 0 bridgehead atoms. The van der Waals surface area contributed by atoms with Crippen LogP contribution in [0.5, 0.6) is 0 Å². The van der Waals surface area contributed by atoms with Gasteiger partial charge in [-0.05, 0) is 34.5 Å². The van der Waals surface area contributed by atoms with Crippen LogP contribution < -0.4 is 11.3 Å². The Morgan fingerprint density at radius 2 is 1.79 bits per heavy atom. The Kier molecular flexibility index (Phi) is 4.41. The van der Waals surface area contributed by atoms with Crippen LogP contribution in [0.25, 0.3) is 27.6 Å². The Labute approximate surface area is 192 Å². The molecule has 0 spiro atoms. The minimum absolute atomic E-state index is 0.0959. The molecule has 0 saturated heterocycles. The fourth-order valence-electron chi connectivity index (χ4n) is 4.13. The predicted molar refractivity (Wildman–Crippen MR) is 129 cm³/mol. The standard InChI is InChI=1S/C24H18ClN7O/c25-18-7-8-20-28-19(12-30(20)11-18)13-32-23(33)21-22(29-24(32)26)27-14-31(21)10-15-5-6-16-3-1-2-4-17(16)9-15/h1-9,11-12,14H,10,13H2,(H2,26,29). The second-order valence-electron chi connectivity index (χ2n) is 7.93. The molecule has 0 unspecified atom stereocenters. The Morgan fingerprint density at radius 1 is 0.939 bits per heavy atom. The average molecular weight is 456 g/mol. The molecule has 0 fully saturated rings. The predicted octanol–water partition coefficient (Wildman–Crippen LogP) is 3.73. The van der Waals surface area contributed by atoms with Gasteiger partial charge < -0.3 is 14.7 Å². The first kappa shape index (κ1) is 19.5. The van der Waals surface area contributed by atoms with Crippen LogP contribution in [0.2, 0.25) is 5.02 Å². The highest BCUT2D eigenvalue weighted by molar-refractivity contribution is 6.30. The van der Waals surface area contributed by atoms with Gasteiger partial charge in [-0.3, -0.25) is 9.36 Å². The lowest BCUT2D eigenvalue weighted by atomic mass is 10.1. The van der Waals surface area contributed by atoms with Crippen LogP contribution in [0.3, 0.4) is 0 Å². The normalized spacial score (nSPS) is 11.7. The van der Waals surface area contributed by atoms with Crippen molar-refractivity contribution in [3.63, 3.8) is 0 Å². The van der Waals surface area contributed by atoms with Crippen molar-refractivity contribution in [1.82, 2.24) is 28.5 Å². The molecule has 0 aliphatic carbocycles. The number of nitrogens with two attached hydrogens (primary N) is 1. The third-order valence-electron chi connectivity index (χ3n) is 5.71. The molecule has 0 aliphatic heterocycles. The fourth-order valence-corrected chi connectivity index (χ4v) is 4.30. The molecule has 2 N–H and O–H groups in total. The first-order valence-electron chi connectivity index (χ1n) is 10.4. The third kappa shape index (κ3) is 3.41. The summed E-state index contributed by atoms with van der Waals surface area (Å²) in [7, 11) is 0. The van der Waals surface area contributed by atoms with Crippen LogP contribution in [0.1, 0.15) is 11.3 Å². The number of rotatable bonds is 4. The largest absolute Gasteiger partial charge is 0.369 e. The van der Waals surface area contributed by atoms with E-state index in [1.165, 1.54) is 9.95 Å². The molecule has 162 valence electrons. The summed E-state index contributed by atoms with van der Waals surface area (Å²) in [6, 6.07) is 18.0. The minimum Gasteiger partial charge on any atom is -0.369 e. The zero-order valence-electron chi connectivity index (χ0n) is 17.4. The maximum absolute atomic E-state index is 13.4. The molecule has 2 aromatic carbocycles. The quantitative estimate of drug-likeness (QED) is 0.437.